The molecule has 0 saturated heterocycles. The molecule has 96 valence electrons. The molecule has 0 spiro atoms. The minimum Gasteiger partial charge on any atom is -0.480 e. The molecular formula is C7H16N2O6S. The molecule has 8 nitrogen and oxygen atoms in total. The minimum atomic E-state index is -3.56. The van der Waals surface area contributed by atoms with Crippen molar-refractivity contribution in [3.63, 3.8) is 0 Å². The second-order valence-corrected chi connectivity index (χ2v) is 4.32. The third kappa shape index (κ3) is 9.80. The molecule has 0 saturated carbocycles. The van der Waals surface area contributed by atoms with Crippen LogP contribution in [0.25, 0.3) is 0 Å². The number of nitrogens with one attached hydrogen (secondary N) is 2. The minimum absolute atomic E-state index is 0.00249. The number of aliphatic carboxylic acids is 1. The first-order valence-corrected chi connectivity index (χ1v) is 5.99. The average Bonchev–Trinajstić information content (AvgIpc) is 2.16. The summed E-state index contributed by atoms with van der Waals surface area (Å²) in [5, 5.41) is 8.23. The second kappa shape index (κ2) is 8.42. The van der Waals surface area contributed by atoms with Crippen LogP contribution in [0.4, 0.5) is 0 Å². The summed E-state index contributed by atoms with van der Waals surface area (Å²) in [5.41, 5.74) is 0. The van der Waals surface area contributed by atoms with E-state index in [9.17, 15) is 13.2 Å². The maximum absolute atomic E-state index is 11.2. The van der Waals surface area contributed by atoms with Crippen molar-refractivity contribution in [3.05, 3.63) is 0 Å². The lowest BCUT2D eigenvalue weighted by atomic mass is 10.7. The van der Waals surface area contributed by atoms with E-state index in [1.807, 2.05) is 0 Å². The SMILES string of the molecule is COCCNS(=O)(=O)NCCOCC(=O)O. The standard InChI is InChI=1S/C7H16N2O6S/c1-14-4-2-8-16(12,13)9-3-5-15-6-7(10)11/h8-9H,2-6H2,1H3,(H,10,11). The third-order valence-corrected chi connectivity index (χ3v) is 2.53. The molecule has 0 fully saturated rings. The molecule has 0 atom stereocenters. The molecule has 16 heavy (non-hydrogen) atoms. The van der Waals surface area contributed by atoms with E-state index in [2.05, 4.69) is 18.9 Å². The van der Waals surface area contributed by atoms with E-state index in [-0.39, 0.29) is 26.3 Å². The van der Waals surface area contributed by atoms with Crippen LogP contribution in [0.15, 0.2) is 0 Å². The monoisotopic (exact) mass is 256 g/mol. The topological polar surface area (TPSA) is 114 Å². The van der Waals surface area contributed by atoms with Crippen molar-refractivity contribution < 1.29 is 27.8 Å². The average molecular weight is 256 g/mol. The van der Waals surface area contributed by atoms with Gasteiger partial charge in [0, 0.05) is 20.2 Å². The Morgan fingerprint density at radius 3 is 2.31 bits per heavy atom. The second-order valence-electron chi connectivity index (χ2n) is 2.73. The van der Waals surface area contributed by atoms with Crippen LogP contribution in [0, 0.1) is 0 Å². The van der Waals surface area contributed by atoms with E-state index in [0.717, 1.165) is 0 Å². The highest BCUT2D eigenvalue weighted by molar-refractivity contribution is 7.87. The highest BCUT2D eigenvalue weighted by atomic mass is 32.2. The number of hydrogen-bond donors (Lipinski definition) is 3. The van der Waals surface area contributed by atoms with E-state index in [4.69, 9.17) is 5.11 Å². The lowest BCUT2D eigenvalue weighted by molar-refractivity contribution is -0.142. The molecule has 0 heterocycles. The molecule has 0 aromatic rings. The fraction of sp³-hybridized carbons (Fsp3) is 0.857. The molecule has 0 aliphatic heterocycles. The van der Waals surface area contributed by atoms with Gasteiger partial charge in [-0.05, 0) is 0 Å². The highest BCUT2D eigenvalue weighted by Gasteiger charge is 2.07. The number of carbonyl (C=O) groups is 1. The predicted octanol–water partition coefficient (Wildman–Crippen LogP) is -1.84. The first-order chi connectivity index (χ1) is 7.48. The molecule has 0 amide bonds. The molecular weight excluding hydrogens is 240 g/mol. The van der Waals surface area contributed by atoms with Crippen molar-refractivity contribution in [2.24, 2.45) is 0 Å². The number of methoxy groups -OCH3 is 1. The summed E-state index contributed by atoms with van der Waals surface area (Å²) in [6.07, 6.45) is 0. The summed E-state index contributed by atoms with van der Waals surface area (Å²) in [7, 11) is -2.10. The molecule has 0 aliphatic carbocycles. The van der Waals surface area contributed by atoms with E-state index in [0.29, 0.717) is 0 Å². The van der Waals surface area contributed by atoms with Crippen LogP contribution in [-0.4, -0.2) is 59.5 Å². The summed E-state index contributed by atoms with van der Waals surface area (Å²) >= 11 is 0. The van der Waals surface area contributed by atoms with Gasteiger partial charge in [-0.25, -0.2) is 4.79 Å². The van der Waals surface area contributed by atoms with Gasteiger partial charge >= 0.3 is 5.97 Å². The van der Waals surface area contributed by atoms with Crippen LogP contribution in [-0.2, 0) is 24.5 Å². The first-order valence-electron chi connectivity index (χ1n) is 4.50. The molecule has 0 aliphatic rings. The van der Waals surface area contributed by atoms with E-state index < -0.39 is 22.8 Å². The molecule has 0 unspecified atom stereocenters. The Balaban J connectivity index is 3.54. The number of ether oxygens (including phenoxy) is 2. The van der Waals surface area contributed by atoms with Crippen molar-refractivity contribution in [3.8, 4) is 0 Å². The van der Waals surface area contributed by atoms with Crippen LogP contribution >= 0.6 is 0 Å². The van der Waals surface area contributed by atoms with Crippen LogP contribution < -0.4 is 9.44 Å². The van der Waals surface area contributed by atoms with Gasteiger partial charge in [0.05, 0.1) is 13.2 Å². The Morgan fingerprint density at radius 1 is 1.25 bits per heavy atom. The van der Waals surface area contributed by atoms with Crippen LogP contribution in [0.2, 0.25) is 0 Å². The Hall–Kier alpha value is -0.740. The molecule has 3 N–H and O–H groups in total. The molecule has 0 aromatic carbocycles. The summed E-state index contributed by atoms with van der Waals surface area (Å²) in [4.78, 5) is 10.0. The van der Waals surface area contributed by atoms with Crippen molar-refractivity contribution in [2.45, 2.75) is 0 Å². The zero-order valence-corrected chi connectivity index (χ0v) is 9.75. The number of hydrogen-bond acceptors (Lipinski definition) is 5. The van der Waals surface area contributed by atoms with Crippen LogP contribution in [0.1, 0.15) is 0 Å². The van der Waals surface area contributed by atoms with Gasteiger partial charge in [0.25, 0.3) is 10.2 Å². The van der Waals surface area contributed by atoms with Gasteiger partial charge in [0.2, 0.25) is 0 Å². The predicted molar refractivity (Wildman–Crippen MR) is 55.3 cm³/mol. The van der Waals surface area contributed by atoms with Gasteiger partial charge in [-0.15, -0.1) is 0 Å². The van der Waals surface area contributed by atoms with Crippen molar-refractivity contribution in [2.75, 3.05) is 40.0 Å². The Bertz CT molecular complexity index is 291. The van der Waals surface area contributed by atoms with Crippen LogP contribution in [0.5, 0.6) is 0 Å². The summed E-state index contributed by atoms with van der Waals surface area (Å²) in [5.74, 6) is -1.10. The van der Waals surface area contributed by atoms with E-state index in [1.165, 1.54) is 7.11 Å². The number of rotatable bonds is 10. The maximum Gasteiger partial charge on any atom is 0.329 e. The maximum atomic E-state index is 11.2. The van der Waals surface area contributed by atoms with Crippen molar-refractivity contribution in [1.29, 1.82) is 0 Å². The molecule has 0 bridgehead atoms. The fourth-order valence-electron chi connectivity index (χ4n) is 0.737. The molecule has 0 aromatic heterocycles. The molecule has 9 heteroatoms. The van der Waals surface area contributed by atoms with Crippen molar-refractivity contribution >= 4 is 16.2 Å². The zero-order chi connectivity index (χ0) is 12.4. The Kier molecular flexibility index (Phi) is 8.03. The highest BCUT2D eigenvalue weighted by Crippen LogP contribution is 1.78. The van der Waals surface area contributed by atoms with Crippen molar-refractivity contribution in [1.82, 2.24) is 9.44 Å². The van der Waals surface area contributed by atoms with Gasteiger partial charge in [0.15, 0.2) is 0 Å². The molecule has 0 radical (unpaired) electrons. The number of carboxylic acid groups (broad SMARTS) is 1. The third-order valence-electron chi connectivity index (χ3n) is 1.36. The van der Waals surface area contributed by atoms with E-state index >= 15 is 0 Å². The normalized spacial score (nSPS) is 11.6. The van der Waals surface area contributed by atoms with Gasteiger partial charge < -0.3 is 14.6 Å². The van der Waals surface area contributed by atoms with Gasteiger partial charge in [-0.3, -0.25) is 0 Å². The zero-order valence-electron chi connectivity index (χ0n) is 8.93. The number of carboxylic acids is 1. The van der Waals surface area contributed by atoms with E-state index in [1.54, 1.807) is 0 Å². The van der Waals surface area contributed by atoms with Gasteiger partial charge in [-0.2, -0.15) is 17.9 Å². The lowest BCUT2D eigenvalue weighted by Crippen LogP contribution is -2.39. The smallest absolute Gasteiger partial charge is 0.329 e. The first kappa shape index (κ1) is 15.3. The Morgan fingerprint density at radius 2 is 1.81 bits per heavy atom. The quantitative estimate of drug-likeness (QED) is 0.396. The van der Waals surface area contributed by atoms with Crippen LogP contribution in [0.3, 0.4) is 0 Å². The molecule has 0 rings (SSSR count). The summed E-state index contributed by atoms with van der Waals surface area (Å²) < 4.78 is 36.0. The largest absolute Gasteiger partial charge is 0.480 e. The summed E-state index contributed by atoms with van der Waals surface area (Å²) in [6, 6.07) is 0. The summed E-state index contributed by atoms with van der Waals surface area (Å²) in [6.45, 7) is 0.00412. The van der Waals surface area contributed by atoms with Gasteiger partial charge in [-0.1, -0.05) is 0 Å². The lowest BCUT2D eigenvalue weighted by Gasteiger charge is -2.07. The van der Waals surface area contributed by atoms with Gasteiger partial charge in [0.1, 0.15) is 6.61 Å². The Labute approximate surface area is 94.1 Å². The fourth-order valence-corrected chi connectivity index (χ4v) is 1.54.